The molecule has 26 heavy (non-hydrogen) atoms. The summed E-state index contributed by atoms with van der Waals surface area (Å²) in [6, 6.07) is -2.50. The van der Waals surface area contributed by atoms with Crippen molar-refractivity contribution in [3.63, 3.8) is 0 Å². The van der Waals surface area contributed by atoms with Crippen molar-refractivity contribution in [2.45, 2.75) is 77.9 Å². The maximum Gasteiger partial charge on any atom is 0.326 e. The molecular weight excluding hydrogens is 336 g/mol. The van der Waals surface area contributed by atoms with Crippen LogP contribution < -0.4 is 22.1 Å². The van der Waals surface area contributed by atoms with Crippen molar-refractivity contribution in [3.05, 3.63) is 0 Å². The SMILES string of the molecule is CC(C)CC(N)C(=O)NC(CC(C)C)C(=O)NC(CCCCN)C(=O)O. The molecule has 8 nitrogen and oxygen atoms in total. The summed E-state index contributed by atoms with van der Waals surface area (Å²) in [5.74, 6) is -1.58. The summed E-state index contributed by atoms with van der Waals surface area (Å²) in [4.78, 5) is 36.2. The first kappa shape index (κ1) is 24.3. The fraction of sp³-hybridized carbons (Fsp3) is 0.833. The third-order valence-electron chi connectivity index (χ3n) is 3.96. The van der Waals surface area contributed by atoms with E-state index in [2.05, 4.69) is 10.6 Å². The molecule has 0 saturated carbocycles. The second kappa shape index (κ2) is 12.6. The molecule has 3 atom stereocenters. The van der Waals surface area contributed by atoms with Crippen LogP contribution in [0, 0.1) is 11.8 Å². The minimum atomic E-state index is -1.10. The van der Waals surface area contributed by atoms with Crippen LogP contribution >= 0.6 is 0 Å². The summed E-state index contributed by atoms with van der Waals surface area (Å²) in [6.07, 6.45) is 2.51. The molecule has 0 aromatic carbocycles. The molecule has 7 N–H and O–H groups in total. The van der Waals surface area contributed by atoms with Crippen LogP contribution in [-0.2, 0) is 14.4 Å². The number of hydrogen-bond acceptors (Lipinski definition) is 5. The van der Waals surface area contributed by atoms with Crippen LogP contribution in [0.4, 0.5) is 0 Å². The quantitative estimate of drug-likeness (QED) is 0.299. The number of carbonyl (C=O) groups is 3. The van der Waals surface area contributed by atoms with Crippen molar-refractivity contribution < 1.29 is 19.5 Å². The third kappa shape index (κ3) is 10.4. The highest BCUT2D eigenvalue weighted by molar-refractivity contribution is 5.91. The van der Waals surface area contributed by atoms with E-state index in [1.165, 1.54) is 0 Å². The minimum absolute atomic E-state index is 0.146. The lowest BCUT2D eigenvalue weighted by Gasteiger charge is -2.24. The van der Waals surface area contributed by atoms with Gasteiger partial charge in [-0.05, 0) is 50.5 Å². The van der Waals surface area contributed by atoms with Gasteiger partial charge in [0.05, 0.1) is 6.04 Å². The van der Waals surface area contributed by atoms with E-state index in [0.717, 1.165) is 0 Å². The molecule has 0 rings (SSSR count). The maximum atomic E-state index is 12.6. The number of aliphatic carboxylic acids is 1. The number of hydrogen-bond donors (Lipinski definition) is 5. The number of carboxylic acids is 1. The van der Waals surface area contributed by atoms with Gasteiger partial charge in [-0.1, -0.05) is 27.7 Å². The van der Waals surface area contributed by atoms with Crippen LogP contribution in [0.25, 0.3) is 0 Å². The first-order valence-corrected chi connectivity index (χ1v) is 9.37. The summed E-state index contributed by atoms with van der Waals surface area (Å²) in [5.41, 5.74) is 11.3. The van der Waals surface area contributed by atoms with Gasteiger partial charge >= 0.3 is 5.97 Å². The first-order chi connectivity index (χ1) is 12.1. The lowest BCUT2D eigenvalue weighted by Crippen LogP contribution is -2.55. The molecule has 0 aliphatic rings. The predicted molar refractivity (Wildman–Crippen MR) is 101 cm³/mol. The van der Waals surface area contributed by atoms with Crippen molar-refractivity contribution in [2.24, 2.45) is 23.3 Å². The van der Waals surface area contributed by atoms with Gasteiger partial charge < -0.3 is 27.2 Å². The Balaban J connectivity index is 4.94. The van der Waals surface area contributed by atoms with Crippen molar-refractivity contribution >= 4 is 17.8 Å². The topological polar surface area (TPSA) is 148 Å². The van der Waals surface area contributed by atoms with E-state index >= 15 is 0 Å². The van der Waals surface area contributed by atoms with Gasteiger partial charge in [-0.2, -0.15) is 0 Å². The number of amides is 2. The van der Waals surface area contributed by atoms with Crippen molar-refractivity contribution in [3.8, 4) is 0 Å². The second-order valence-electron chi connectivity index (χ2n) is 7.61. The van der Waals surface area contributed by atoms with E-state index in [0.29, 0.717) is 38.6 Å². The molecule has 3 unspecified atom stereocenters. The van der Waals surface area contributed by atoms with Crippen LogP contribution in [0.5, 0.6) is 0 Å². The Morgan fingerprint density at radius 1 is 0.885 bits per heavy atom. The van der Waals surface area contributed by atoms with E-state index in [-0.39, 0.29) is 11.8 Å². The van der Waals surface area contributed by atoms with E-state index in [4.69, 9.17) is 11.5 Å². The van der Waals surface area contributed by atoms with Crippen molar-refractivity contribution in [2.75, 3.05) is 6.54 Å². The Labute approximate surface area is 156 Å². The number of carbonyl (C=O) groups excluding carboxylic acids is 2. The number of unbranched alkanes of at least 4 members (excludes halogenated alkanes) is 1. The lowest BCUT2D eigenvalue weighted by atomic mass is 10.00. The van der Waals surface area contributed by atoms with Gasteiger partial charge in [0.25, 0.3) is 0 Å². The van der Waals surface area contributed by atoms with Gasteiger partial charge in [0.1, 0.15) is 12.1 Å². The van der Waals surface area contributed by atoms with Gasteiger partial charge in [0.2, 0.25) is 11.8 Å². The van der Waals surface area contributed by atoms with Crippen molar-refractivity contribution in [1.82, 2.24) is 10.6 Å². The molecule has 0 aliphatic heterocycles. The average molecular weight is 373 g/mol. The van der Waals surface area contributed by atoms with Crippen LogP contribution in [0.15, 0.2) is 0 Å². The van der Waals surface area contributed by atoms with Gasteiger partial charge in [-0.15, -0.1) is 0 Å². The van der Waals surface area contributed by atoms with Crippen molar-refractivity contribution in [1.29, 1.82) is 0 Å². The Morgan fingerprint density at radius 2 is 1.42 bits per heavy atom. The zero-order valence-electron chi connectivity index (χ0n) is 16.5. The summed E-state index contributed by atoms with van der Waals surface area (Å²) in [7, 11) is 0. The van der Waals surface area contributed by atoms with E-state index < -0.39 is 35.9 Å². The normalized spacial score (nSPS) is 14.8. The molecule has 0 aromatic rings. The van der Waals surface area contributed by atoms with Crippen LogP contribution in [0.2, 0.25) is 0 Å². The second-order valence-corrected chi connectivity index (χ2v) is 7.61. The molecule has 152 valence electrons. The van der Waals surface area contributed by atoms with Gasteiger partial charge in [-0.25, -0.2) is 4.79 Å². The molecule has 0 spiro atoms. The molecule has 0 aliphatic carbocycles. The summed E-state index contributed by atoms with van der Waals surface area (Å²) >= 11 is 0. The van der Waals surface area contributed by atoms with Gasteiger partial charge in [-0.3, -0.25) is 9.59 Å². The molecule has 0 fully saturated rings. The molecule has 0 radical (unpaired) electrons. The van der Waals surface area contributed by atoms with E-state index in [9.17, 15) is 19.5 Å². The molecule has 8 heteroatoms. The molecule has 0 saturated heterocycles. The van der Waals surface area contributed by atoms with E-state index in [1.807, 2.05) is 27.7 Å². The van der Waals surface area contributed by atoms with E-state index in [1.54, 1.807) is 0 Å². The highest BCUT2D eigenvalue weighted by Crippen LogP contribution is 2.09. The lowest BCUT2D eigenvalue weighted by molar-refractivity contribution is -0.142. The standard InChI is InChI=1S/C18H36N4O4/c1-11(2)9-13(20)16(23)22-15(10-12(3)4)17(24)21-14(18(25)26)7-5-6-8-19/h11-15H,5-10,19-20H2,1-4H3,(H,21,24)(H,22,23)(H,25,26). The fourth-order valence-corrected chi connectivity index (χ4v) is 2.62. The first-order valence-electron chi connectivity index (χ1n) is 9.37. The molecule has 0 aromatic heterocycles. The van der Waals surface area contributed by atoms with Crippen LogP contribution in [-0.4, -0.2) is 47.6 Å². The third-order valence-corrected chi connectivity index (χ3v) is 3.96. The summed E-state index contributed by atoms with van der Waals surface area (Å²) in [5, 5.41) is 14.5. The molecule has 0 bridgehead atoms. The molecule has 0 heterocycles. The number of nitrogens with one attached hydrogen (secondary N) is 2. The summed E-state index contributed by atoms with van der Waals surface area (Å²) < 4.78 is 0. The molecular formula is C18H36N4O4. The monoisotopic (exact) mass is 372 g/mol. The van der Waals surface area contributed by atoms with Gasteiger partial charge in [0, 0.05) is 0 Å². The Morgan fingerprint density at radius 3 is 1.88 bits per heavy atom. The number of nitrogens with two attached hydrogens (primary N) is 2. The Bertz CT molecular complexity index is 454. The summed E-state index contributed by atoms with van der Waals surface area (Å²) in [6.45, 7) is 8.25. The van der Waals surface area contributed by atoms with Crippen LogP contribution in [0.3, 0.4) is 0 Å². The minimum Gasteiger partial charge on any atom is -0.480 e. The average Bonchev–Trinajstić information content (AvgIpc) is 2.51. The predicted octanol–water partition coefficient (Wildman–Crippen LogP) is 0.589. The largest absolute Gasteiger partial charge is 0.480 e. The smallest absolute Gasteiger partial charge is 0.326 e. The molecule has 2 amide bonds. The Kier molecular flexibility index (Phi) is 11.8. The Hall–Kier alpha value is -1.67. The zero-order chi connectivity index (χ0) is 20.3. The fourth-order valence-electron chi connectivity index (χ4n) is 2.62. The highest BCUT2D eigenvalue weighted by atomic mass is 16.4. The highest BCUT2D eigenvalue weighted by Gasteiger charge is 2.28. The zero-order valence-corrected chi connectivity index (χ0v) is 16.5. The number of rotatable bonds is 13. The maximum absolute atomic E-state index is 12.6. The number of carboxylic acid groups (broad SMARTS) is 1. The van der Waals surface area contributed by atoms with Gasteiger partial charge in [0.15, 0.2) is 0 Å². The van der Waals surface area contributed by atoms with Crippen LogP contribution in [0.1, 0.15) is 59.8 Å².